The fourth-order valence-electron chi connectivity index (χ4n) is 7.82. The number of aromatic nitrogens is 6. The number of nitrogens with zero attached hydrogens (tertiary/aromatic N) is 6. The van der Waals surface area contributed by atoms with E-state index in [9.17, 15) is 0 Å². The molecule has 16 heteroatoms. The Morgan fingerprint density at radius 2 is 0.651 bits per heavy atom. The molecule has 3 aromatic heterocycles. The van der Waals surface area contributed by atoms with Gasteiger partial charge in [-0.15, -0.1) is 0 Å². The van der Waals surface area contributed by atoms with E-state index in [1.165, 1.54) is 22.3 Å². The molecular formula is C67H88N12O4. The van der Waals surface area contributed by atoms with E-state index in [0.29, 0.717) is 76.4 Å². The van der Waals surface area contributed by atoms with Gasteiger partial charge in [-0.3, -0.25) is 0 Å². The minimum atomic E-state index is 0.168. The summed E-state index contributed by atoms with van der Waals surface area (Å²) in [6.45, 7) is 21.5. The summed E-state index contributed by atoms with van der Waals surface area (Å²) in [4.78, 5) is 24.1. The molecule has 9 rings (SSSR count). The summed E-state index contributed by atoms with van der Waals surface area (Å²) in [7, 11) is 1.65. The van der Waals surface area contributed by atoms with Gasteiger partial charge in [0.15, 0.2) is 0 Å². The normalized spacial score (nSPS) is 9.95. The summed E-state index contributed by atoms with van der Waals surface area (Å²) >= 11 is 0. The first-order valence-electron chi connectivity index (χ1n) is 28.3. The molecule has 0 aliphatic heterocycles. The van der Waals surface area contributed by atoms with Crippen LogP contribution < -0.4 is 39.1 Å². The van der Waals surface area contributed by atoms with Crippen molar-refractivity contribution in [2.75, 3.05) is 41.5 Å². The van der Waals surface area contributed by atoms with Gasteiger partial charge in [-0.25, -0.2) is 15.0 Å². The lowest BCUT2D eigenvalue weighted by atomic mass is 9.99. The van der Waals surface area contributed by atoms with Crippen molar-refractivity contribution in [1.29, 1.82) is 0 Å². The molecule has 0 aliphatic rings. The van der Waals surface area contributed by atoms with Crippen molar-refractivity contribution in [1.82, 2.24) is 29.9 Å². The molecule has 0 fully saturated rings. The molecule has 12 N–H and O–H groups in total. The van der Waals surface area contributed by atoms with E-state index in [1.54, 1.807) is 25.7 Å². The van der Waals surface area contributed by atoms with Gasteiger partial charge >= 0.3 is 0 Å². The molecule has 0 saturated carbocycles. The highest BCUT2D eigenvalue weighted by Crippen LogP contribution is 2.26. The van der Waals surface area contributed by atoms with E-state index in [4.69, 9.17) is 53.3 Å². The summed E-state index contributed by atoms with van der Waals surface area (Å²) in [6.07, 6.45) is 6.91. The molecule has 0 unspecified atom stereocenters. The lowest BCUT2D eigenvalue weighted by molar-refractivity contribution is 0.107. The zero-order valence-electron chi connectivity index (χ0n) is 50.3. The van der Waals surface area contributed by atoms with Crippen LogP contribution in [0.5, 0.6) is 5.75 Å². The molecule has 0 amide bonds. The second-order valence-corrected chi connectivity index (χ2v) is 17.6. The van der Waals surface area contributed by atoms with Crippen molar-refractivity contribution in [3.8, 4) is 5.75 Å². The average molecular weight is 1130 g/mol. The van der Waals surface area contributed by atoms with Crippen LogP contribution in [0.25, 0.3) is 0 Å². The standard InChI is InChI=1S/C20H22N4O2.C20H22N4O.C19H20N4O.4C2H6/c1-25-18-8-7-15(13-26-12-14-5-3-2-4-6-14)9-16(18)10-17-11-23-20(22)24-19(17)21;1-14-7-8-16(13-25-12-15-5-3-2-4-6-15)9-17(14)10-18-11-23-20(22)24-19(18)21;20-18-17(11-22-19(21)23-18)10-15-7-4-8-16(9-15)13-24-12-14-5-2-1-3-6-14;4*1-2/h2-9,11H,10,12-13H2,1H3,(H4,21,22,23,24);2-9,11H,10,12-13H2,1H3,(H4,21,22,23,24);1-9,11H,10,12-13H2,(H4,20,21,22,23);4*1-2H3. The van der Waals surface area contributed by atoms with E-state index in [0.717, 1.165) is 55.8 Å². The fraction of sp³-hybridized carbons (Fsp3) is 0.284. The minimum absolute atomic E-state index is 0.168. The van der Waals surface area contributed by atoms with Gasteiger partial charge in [0.05, 0.1) is 46.8 Å². The molecule has 440 valence electrons. The zero-order valence-corrected chi connectivity index (χ0v) is 50.3. The Balaban J connectivity index is 0.000000307. The van der Waals surface area contributed by atoms with Crippen LogP contribution in [0.4, 0.5) is 35.3 Å². The average Bonchev–Trinajstić information content (AvgIpc) is 3.65. The number of benzene rings is 6. The van der Waals surface area contributed by atoms with E-state index in [1.807, 2.05) is 140 Å². The quantitative estimate of drug-likeness (QED) is 0.0439. The van der Waals surface area contributed by atoms with Crippen LogP contribution in [0.1, 0.15) is 128 Å². The molecule has 0 atom stereocenters. The van der Waals surface area contributed by atoms with Gasteiger partial charge in [0.2, 0.25) is 17.8 Å². The predicted molar refractivity (Wildman–Crippen MR) is 342 cm³/mol. The Hall–Kier alpha value is -8.96. The summed E-state index contributed by atoms with van der Waals surface area (Å²) in [6, 6.07) is 50.9. The summed E-state index contributed by atoms with van der Waals surface area (Å²) < 4.78 is 22.9. The molecule has 0 radical (unpaired) electrons. The number of rotatable bonds is 19. The highest BCUT2D eigenvalue weighted by atomic mass is 16.5. The van der Waals surface area contributed by atoms with Crippen LogP contribution >= 0.6 is 0 Å². The van der Waals surface area contributed by atoms with Crippen LogP contribution in [-0.4, -0.2) is 37.0 Å². The minimum Gasteiger partial charge on any atom is -0.496 e. The Bertz CT molecular complexity index is 3210. The SMILES string of the molecule is CC.CC.CC.CC.COc1ccc(COCc2ccccc2)cc1Cc1cnc(N)nc1N.Cc1ccc(COCc2ccccc2)cc1Cc1cnc(N)nc1N.Nc1ncc(Cc2cccc(COCc3ccccc3)c2)c(N)n1. The number of hydrogen-bond donors (Lipinski definition) is 6. The van der Waals surface area contributed by atoms with Crippen LogP contribution in [0.15, 0.2) is 170 Å². The number of anilines is 6. The van der Waals surface area contributed by atoms with Crippen molar-refractivity contribution >= 4 is 35.3 Å². The number of nitrogens with two attached hydrogens (primary N) is 6. The second-order valence-electron chi connectivity index (χ2n) is 17.6. The molecule has 6 aromatic carbocycles. The van der Waals surface area contributed by atoms with Crippen molar-refractivity contribution < 1.29 is 18.9 Å². The Labute approximate surface area is 493 Å². The van der Waals surface area contributed by atoms with E-state index in [2.05, 4.69) is 104 Å². The van der Waals surface area contributed by atoms with Gasteiger partial charge in [-0.2, -0.15) is 15.0 Å². The summed E-state index contributed by atoms with van der Waals surface area (Å²) in [5, 5.41) is 0. The van der Waals surface area contributed by atoms with Crippen LogP contribution in [0, 0.1) is 6.92 Å². The first-order chi connectivity index (χ1) is 40.5. The van der Waals surface area contributed by atoms with E-state index in [-0.39, 0.29) is 17.8 Å². The van der Waals surface area contributed by atoms with Crippen LogP contribution in [-0.2, 0) is 73.1 Å². The summed E-state index contributed by atoms with van der Waals surface area (Å²) in [5.74, 6) is 2.57. The highest BCUT2D eigenvalue weighted by molar-refractivity contribution is 5.49. The number of aryl methyl sites for hydroxylation is 1. The summed E-state index contributed by atoms with van der Waals surface area (Å²) in [5.41, 5.74) is 48.3. The maximum absolute atomic E-state index is 5.95. The predicted octanol–water partition coefficient (Wildman–Crippen LogP) is 13.3. The maximum atomic E-state index is 5.95. The fourth-order valence-corrected chi connectivity index (χ4v) is 7.82. The molecule has 0 bridgehead atoms. The number of nitrogen functional groups attached to an aromatic ring is 6. The smallest absolute Gasteiger partial charge is 0.221 e. The van der Waals surface area contributed by atoms with E-state index < -0.39 is 0 Å². The lowest BCUT2D eigenvalue weighted by Gasteiger charge is -2.12. The van der Waals surface area contributed by atoms with Crippen molar-refractivity contribution in [3.63, 3.8) is 0 Å². The largest absolute Gasteiger partial charge is 0.496 e. The van der Waals surface area contributed by atoms with Gasteiger partial charge in [0.1, 0.15) is 23.2 Å². The molecule has 83 heavy (non-hydrogen) atoms. The van der Waals surface area contributed by atoms with Gasteiger partial charge < -0.3 is 53.3 Å². The van der Waals surface area contributed by atoms with Gasteiger partial charge in [-0.05, 0) is 74.7 Å². The Morgan fingerprint density at radius 3 is 1.05 bits per heavy atom. The third-order valence-electron chi connectivity index (χ3n) is 11.8. The van der Waals surface area contributed by atoms with Gasteiger partial charge in [0, 0.05) is 54.5 Å². The number of methoxy groups -OCH3 is 1. The molecule has 3 heterocycles. The van der Waals surface area contributed by atoms with Crippen LogP contribution in [0.2, 0.25) is 0 Å². The second kappa shape index (κ2) is 39.4. The first-order valence-corrected chi connectivity index (χ1v) is 28.3. The van der Waals surface area contributed by atoms with E-state index >= 15 is 0 Å². The third kappa shape index (κ3) is 24.7. The van der Waals surface area contributed by atoms with Gasteiger partial charge in [-0.1, -0.05) is 195 Å². The maximum Gasteiger partial charge on any atom is 0.221 e. The molecule has 0 spiro atoms. The van der Waals surface area contributed by atoms with Crippen molar-refractivity contribution in [3.05, 3.63) is 243 Å². The van der Waals surface area contributed by atoms with Crippen molar-refractivity contribution in [2.24, 2.45) is 0 Å². The molecule has 0 saturated heterocycles. The molecule has 0 aliphatic carbocycles. The topological polar surface area (TPSA) is 270 Å². The lowest BCUT2D eigenvalue weighted by Crippen LogP contribution is -2.05. The van der Waals surface area contributed by atoms with Gasteiger partial charge in [0.25, 0.3) is 0 Å². The third-order valence-corrected chi connectivity index (χ3v) is 11.8. The van der Waals surface area contributed by atoms with Crippen LogP contribution in [0.3, 0.4) is 0 Å². The van der Waals surface area contributed by atoms with Crippen molar-refractivity contribution in [2.45, 2.75) is 121 Å². The number of ether oxygens (including phenoxy) is 4. The zero-order chi connectivity index (χ0) is 60.8. The number of hydrogen-bond acceptors (Lipinski definition) is 16. The molecule has 9 aromatic rings. The molecule has 16 nitrogen and oxygen atoms in total. The highest BCUT2D eigenvalue weighted by Gasteiger charge is 2.12. The first kappa shape index (κ1) is 68.3. The molecular weight excluding hydrogens is 1040 g/mol. The Morgan fingerprint density at radius 1 is 0.325 bits per heavy atom. The Kier molecular flexibility index (Phi) is 32.5. The monoisotopic (exact) mass is 1120 g/mol.